The summed E-state index contributed by atoms with van der Waals surface area (Å²) in [5.74, 6) is -3.81. The molecule has 3 atom stereocenters. The molecule has 0 aromatic carbocycles. The third-order valence-electron chi connectivity index (χ3n) is 3.29. The van der Waals surface area contributed by atoms with Gasteiger partial charge >= 0.3 is 11.9 Å². The lowest BCUT2D eigenvalue weighted by Gasteiger charge is -2.23. The lowest BCUT2D eigenvalue weighted by atomic mass is 10.0. The third-order valence-corrected chi connectivity index (χ3v) is 3.65. The molecular weight excluding hydrogens is 338 g/mol. The van der Waals surface area contributed by atoms with Gasteiger partial charge in [0, 0.05) is 12.2 Å². The minimum atomic E-state index is -1.17. The monoisotopic (exact) mass is 363 g/mol. The van der Waals surface area contributed by atoms with E-state index in [0.29, 0.717) is 0 Å². The molecule has 0 bridgehead atoms. The van der Waals surface area contributed by atoms with Gasteiger partial charge in [-0.25, -0.2) is 4.79 Å². The lowest BCUT2D eigenvalue weighted by Crippen LogP contribution is -2.56. The van der Waals surface area contributed by atoms with Crippen molar-refractivity contribution >= 4 is 36.4 Å². The molecule has 0 aliphatic carbocycles. The Labute approximate surface area is 145 Å². The van der Waals surface area contributed by atoms with Gasteiger partial charge < -0.3 is 26.6 Å². The average molecular weight is 363 g/mol. The molecule has 9 nitrogen and oxygen atoms in total. The molecule has 2 amide bonds. The number of carbonyl (C=O) groups excluding carboxylic acids is 2. The maximum absolute atomic E-state index is 12.1. The van der Waals surface area contributed by atoms with Crippen molar-refractivity contribution in [2.45, 2.75) is 51.2 Å². The quantitative estimate of drug-likeness (QED) is 0.262. The summed E-state index contributed by atoms with van der Waals surface area (Å²) in [5, 5.41) is 22.4. The number of carbonyl (C=O) groups is 4. The summed E-state index contributed by atoms with van der Waals surface area (Å²) in [5.41, 5.74) is 5.65. The highest BCUT2D eigenvalue weighted by atomic mass is 32.1. The standard InChI is InChI=1S/C14H25N3O6S/c1-7(2)11(14(22)23)17-13(21)9(6-24)16-12(20)8(15)4-3-5-10(18)19/h7-9,11,24H,3-6,15H2,1-2H3,(H,16,20)(H,17,21)(H,18,19)(H,22,23)/t8-,9-,11-/m0/s1. The summed E-state index contributed by atoms with van der Waals surface area (Å²) in [4.78, 5) is 45.6. The molecule has 0 radical (unpaired) electrons. The molecule has 0 aliphatic heterocycles. The minimum Gasteiger partial charge on any atom is -0.481 e. The zero-order valence-electron chi connectivity index (χ0n) is 13.7. The predicted octanol–water partition coefficient (Wildman–Crippen LogP) is -0.791. The molecule has 0 spiro atoms. The molecular formula is C14H25N3O6S. The summed E-state index contributed by atoms with van der Waals surface area (Å²) in [6.07, 6.45) is 0.283. The van der Waals surface area contributed by atoms with E-state index in [4.69, 9.17) is 15.9 Å². The van der Waals surface area contributed by atoms with Crippen LogP contribution in [0.4, 0.5) is 0 Å². The van der Waals surface area contributed by atoms with Crippen LogP contribution in [0.2, 0.25) is 0 Å². The van der Waals surface area contributed by atoms with Crippen LogP contribution in [-0.4, -0.2) is 57.8 Å². The van der Waals surface area contributed by atoms with Gasteiger partial charge in [-0.2, -0.15) is 12.6 Å². The molecule has 0 aromatic rings. The van der Waals surface area contributed by atoms with Gasteiger partial charge in [-0.3, -0.25) is 14.4 Å². The van der Waals surface area contributed by atoms with Gasteiger partial charge in [-0.15, -0.1) is 0 Å². The second-order valence-electron chi connectivity index (χ2n) is 5.70. The number of carboxylic acid groups (broad SMARTS) is 2. The van der Waals surface area contributed by atoms with E-state index in [-0.39, 0.29) is 30.9 Å². The number of nitrogens with two attached hydrogens (primary N) is 1. The van der Waals surface area contributed by atoms with E-state index in [0.717, 1.165) is 0 Å². The molecule has 24 heavy (non-hydrogen) atoms. The van der Waals surface area contributed by atoms with Crippen molar-refractivity contribution in [2.75, 3.05) is 5.75 Å². The van der Waals surface area contributed by atoms with Gasteiger partial charge in [-0.05, 0) is 18.8 Å². The van der Waals surface area contributed by atoms with Crippen LogP contribution in [0.15, 0.2) is 0 Å². The average Bonchev–Trinajstić information content (AvgIpc) is 2.48. The fraction of sp³-hybridized carbons (Fsp3) is 0.714. The van der Waals surface area contributed by atoms with Crippen molar-refractivity contribution in [3.05, 3.63) is 0 Å². The van der Waals surface area contributed by atoms with Crippen molar-refractivity contribution in [1.82, 2.24) is 10.6 Å². The van der Waals surface area contributed by atoms with E-state index < -0.39 is 41.9 Å². The van der Waals surface area contributed by atoms with E-state index in [1.165, 1.54) is 0 Å². The van der Waals surface area contributed by atoms with Crippen LogP contribution < -0.4 is 16.4 Å². The van der Waals surface area contributed by atoms with Crippen LogP contribution in [0, 0.1) is 5.92 Å². The number of hydrogen-bond acceptors (Lipinski definition) is 6. The Morgan fingerprint density at radius 3 is 2.08 bits per heavy atom. The van der Waals surface area contributed by atoms with Gasteiger partial charge in [0.05, 0.1) is 6.04 Å². The third kappa shape index (κ3) is 8.16. The fourth-order valence-electron chi connectivity index (χ4n) is 1.84. The molecule has 0 aromatic heterocycles. The van der Waals surface area contributed by atoms with Crippen molar-refractivity contribution in [3.8, 4) is 0 Å². The van der Waals surface area contributed by atoms with E-state index in [2.05, 4.69) is 23.3 Å². The predicted molar refractivity (Wildman–Crippen MR) is 89.7 cm³/mol. The van der Waals surface area contributed by atoms with Crippen molar-refractivity contribution in [1.29, 1.82) is 0 Å². The Kier molecular flexibility index (Phi) is 10.0. The maximum atomic E-state index is 12.1. The second-order valence-corrected chi connectivity index (χ2v) is 6.07. The first kappa shape index (κ1) is 22.2. The normalized spacial score (nSPS) is 14.5. The van der Waals surface area contributed by atoms with Crippen LogP contribution in [0.1, 0.15) is 33.1 Å². The first-order valence-corrected chi connectivity index (χ1v) is 8.15. The van der Waals surface area contributed by atoms with Crippen LogP contribution >= 0.6 is 12.6 Å². The smallest absolute Gasteiger partial charge is 0.326 e. The van der Waals surface area contributed by atoms with Crippen molar-refractivity contribution < 1.29 is 29.4 Å². The van der Waals surface area contributed by atoms with Crippen LogP contribution in [-0.2, 0) is 19.2 Å². The number of hydrogen-bond donors (Lipinski definition) is 6. The molecule has 138 valence electrons. The summed E-state index contributed by atoms with van der Waals surface area (Å²) in [7, 11) is 0. The molecule has 0 aliphatic rings. The largest absolute Gasteiger partial charge is 0.481 e. The molecule has 0 unspecified atom stereocenters. The number of amides is 2. The highest BCUT2D eigenvalue weighted by Crippen LogP contribution is 2.04. The van der Waals surface area contributed by atoms with Gasteiger partial charge in [0.2, 0.25) is 11.8 Å². The minimum absolute atomic E-state index is 0.0378. The number of thiol groups is 1. The van der Waals surface area contributed by atoms with Gasteiger partial charge in [0.1, 0.15) is 12.1 Å². The summed E-state index contributed by atoms with van der Waals surface area (Å²) >= 11 is 3.98. The molecule has 10 heteroatoms. The number of rotatable bonds is 11. The topological polar surface area (TPSA) is 159 Å². The number of nitrogens with one attached hydrogen (secondary N) is 2. The zero-order chi connectivity index (χ0) is 18.9. The van der Waals surface area contributed by atoms with Crippen LogP contribution in [0.25, 0.3) is 0 Å². The van der Waals surface area contributed by atoms with E-state index >= 15 is 0 Å². The first-order valence-electron chi connectivity index (χ1n) is 7.51. The number of aliphatic carboxylic acids is 2. The Bertz CT molecular complexity index is 471. The lowest BCUT2D eigenvalue weighted by molar-refractivity contribution is -0.143. The molecule has 0 fully saturated rings. The second kappa shape index (κ2) is 10.9. The fourth-order valence-corrected chi connectivity index (χ4v) is 2.10. The van der Waals surface area contributed by atoms with Gasteiger partial charge in [0.25, 0.3) is 0 Å². The summed E-state index contributed by atoms with van der Waals surface area (Å²) in [6.45, 7) is 3.29. The maximum Gasteiger partial charge on any atom is 0.326 e. The highest BCUT2D eigenvalue weighted by Gasteiger charge is 2.28. The van der Waals surface area contributed by atoms with E-state index in [1.807, 2.05) is 0 Å². The Morgan fingerprint density at radius 2 is 1.67 bits per heavy atom. The van der Waals surface area contributed by atoms with E-state index in [1.54, 1.807) is 13.8 Å². The van der Waals surface area contributed by atoms with Gasteiger partial charge in [0.15, 0.2) is 0 Å². The van der Waals surface area contributed by atoms with Crippen molar-refractivity contribution in [3.63, 3.8) is 0 Å². The van der Waals surface area contributed by atoms with E-state index in [9.17, 15) is 19.2 Å². The Hall–Kier alpha value is -1.81. The number of carboxylic acids is 2. The Morgan fingerprint density at radius 1 is 1.08 bits per heavy atom. The molecule has 0 saturated carbocycles. The molecule has 0 saturated heterocycles. The molecule has 6 N–H and O–H groups in total. The molecule has 0 heterocycles. The highest BCUT2D eigenvalue weighted by molar-refractivity contribution is 7.80. The first-order chi connectivity index (χ1) is 11.1. The SMILES string of the molecule is CC(C)[C@H](NC(=O)[C@H](CS)NC(=O)[C@@H](N)CCCC(=O)O)C(=O)O. The summed E-state index contributed by atoms with van der Waals surface area (Å²) < 4.78 is 0. The Balaban J connectivity index is 4.61. The van der Waals surface area contributed by atoms with Gasteiger partial charge in [-0.1, -0.05) is 13.8 Å². The molecule has 0 rings (SSSR count). The summed E-state index contributed by atoms with van der Waals surface area (Å²) in [6, 6.07) is -3.08. The zero-order valence-corrected chi connectivity index (χ0v) is 14.6. The van der Waals surface area contributed by atoms with Crippen LogP contribution in [0.3, 0.4) is 0 Å². The van der Waals surface area contributed by atoms with Crippen LogP contribution in [0.5, 0.6) is 0 Å². The van der Waals surface area contributed by atoms with Crippen molar-refractivity contribution in [2.24, 2.45) is 11.7 Å².